The number of benzene rings is 2. The van der Waals surface area contributed by atoms with Gasteiger partial charge in [-0.05, 0) is 41.7 Å². The third-order valence-electron chi connectivity index (χ3n) is 4.78. The molecule has 1 amide bonds. The molecule has 144 valence electrons. The molecule has 1 N–H and O–H groups in total. The maximum absolute atomic E-state index is 12.4. The van der Waals surface area contributed by atoms with Crippen LogP contribution in [0, 0.1) is 0 Å². The highest BCUT2D eigenvalue weighted by molar-refractivity contribution is 6.21. The van der Waals surface area contributed by atoms with Gasteiger partial charge in [0.05, 0.1) is 0 Å². The van der Waals surface area contributed by atoms with Gasteiger partial charge >= 0.3 is 6.09 Å². The number of fused-ring (bicyclic) bond motifs is 1. The molecule has 0 unspecified atom stereocenters. The highest BCUT2D eigenvalue weighted by Gasteiger charge is 2.23. The lowest BCUT2D eigenvalue weighted by Gasteiger charge is -2.17. The number of carbonyl (C=O) groups is 2. The summed E-state index contributed by atoms with van der Waals surface area (Å²) in [5, 5.41) is 2.76. The number of nitrogens with one attached hydrogen (secondary N) is 1. The number of allylic oxidation sites excluding steroid dienone is 2. The zero-order valence-electron chi connectivity index (χ0n) is 15.4. The molecule has 0 atom stereocenters. The Morgan fingerprint density at radius 2 is 1.89 bits per heavy atom. The monoisotopic (exact) mass is 379 g/mol. The number of Topliss-reactive ketones (excluding diaryl/α,β-unsaturated/α-hetero) is 1. The van der Waals surface area contributed by atoms with Gasteiger partial charge in [0.15, 0.2) is 17.3 Å². The minimum atomic E-state index is -0.517. The Labute approximate surface area is 163 Å². The molecule has 1 aliphatic carbocycles. The molecule has 6 heteroatoms. The molecule has 6 nitrogen and oxygen atoms in total. The Bertz CT molecular complexity index is 920. The Morgan fingerprint density at radius 3 is 2.68 bits per heavy atom. The molecule has 2 aromatic rings. The molecule has 2 aliphatic rings. The fourth-order valence-corrected chi connectivity index (χ4v) is 3.34. The first-order valence-corrected chi connectivity index (χ1v) is 9.31. The van der Waals surface area contributed by atoms with Crippen molar-refractivity contribution < 1.29 is 23.8 Å². The van der Waals surface area contributed by atoms with E-state index in [0.717, 1.165) is 29.5 Å². The second-order valence-corrected chi connectivity index (χ2v) is 6.71. The minimum Gasteiger partial charge on any atom is -0.454 e. The summed E-state index contributed by atoms with van der Waals surface area (Å²) in [5.41, 5.74) is 3.16. The average molecular weight is 379 g/mol. The van der Waals surface area contributed by atoms with Crippen LogP contribution in [0.3, 0.4) is 0 Å². The van der Waals surface area contributed by atoms with Crippen LogP contribution in [-0.4, -0.2) is 18.7 Å². The number of hydrogen-bond donors (Lipinski definition) is 1. The van der Waals surface area contributed by atoms with Crippen LogP contribution in [0.5, 0.6) is 11.5 Å². The van der Waals surface area contributed by atoms with E-state index in [4.69, 9.17) is 14.2 Å². The second kappa shape index (κ2) is 8.17. The summed E-state index contributed by atoms with van der Waals surface area (Å²) in [6.07, 6.45) is 3.71. The zero-order valence-corrected chi connectivity index (χ0v) is 15.4. The van der Waals surface area contributed by atoms with Crippen LogP contribution in [0.2, 0.25) is 0 Å². The standard InChI is InChI=1S/C22H21NO5/c24-19-9-5-4-8-17(19)18-11-21-20(27-14-28-21)10-16(18)12-23-22(25)26-13-15-6-2-1-3-7-15/h1-3,6-8,10-11H,4-5,9,12-14H2,(H,23,25). The normalized spacial score (nSPS) is 15.1. The molecule has 0 radical (unpaired) electrons. The van der Waals surface area contributed by atoms with E-state index in [-0.39, 0.29) is 25.7 Å². The average Bonchev–Trinajstić information content (AvgIpc) is 3.18. The summed E-state index contributed by atoms with van der Waals surface area (Å²) < 4.78 is 16.2. The maximum Gasteiger partial charge on any atom is 0.407 e. The first-order chi connectivity index (χ1) is 13.7. The molecule has 0 saturated heterocycles. The lowest BCUT2D eigenvalue weighted by Crippen LogP contribution is -2.24. The van der Waals surface area contributed by atoms with Crippen LogP contribution in [0.1, 0.15) is 36.0 Å². The number of carbonyl (C=O) groups excluding carboxylic acids is 2. The van der Waals surface area contributed by atoms with Crippen LogP contribution in [0.25, 0.3) is 5.57 Å². The van der Waals surface area contributed by atoms with Gasteiger partial charge in [-0.2, -0.15) is 0 Å². The predicted octanol–water partition coefficient (Wildman–Crippen LogP) is 3.98. The van der Waals surface area contributed by atoms with Gasteiger partial charge in [0.2, 0.25) is 6.79 Å². The van der Waals surface area contributed by atoms with E-state index < -0.39 is 6.09 Å². The van der Waals surface area contributed by atoms with Crippen LogP contribution in [0.15, 0.2) is 48.5 Å². The van der Waals surface area contributed by atoms with Crippen molar-refractivity contribution in [1.29, 1.82) is 0 Å². The van der Waals surface area contributed by atoms with E-state index >= 15 is 0 Å². The number of rotatable bonds is 5. The minimum absolute atomic E-state index is 0.109. The van der Waals surface area contributed by atoms with Crippen molar-refractivity contribution in [2.45, 2.75) is 32.4 Å². The summed E-state index contributed by atoms with van der Waals surface area (Å²) in [5.74, 6) is 1.34. The fourth-order valence-electron chi connectivity index (χ4n) is 3.34. The van der Waals surface area contributed by atoms with Crippen LogP contribution in [-0.2, 0) is 22.7 Å². The van der Waals surface area contributed by atoms with E-state index in [2.05, 4.69) is 5.32 Å². The fraction of sp³-hybridized carbons (Fsp3) is 0.273. The number of amides is 1. The van der Waals surface area contributed by atoms with Gasteiger partial charge in [0.1, 0.15) is 6.61 Å². The Balaban J connectivity index is 1.48. The van der Waals surface area contributed by atoms with Gasteiger partial charge in [-0.15, -0.1) is 0 Å². The van der Waals surface area contributed by atoms with Crippen molar-refractivity contribution in [2.24, 2.45) is 0 Å². The molecular weight excluding hydrogens is 358 g/mol. The van der Waals surface area contributed by atoms with Crippen molar-refractivity contribution in [1.82, 2.24) is 5.32 Å². The topological polar surface area (TPSA) is 73.9 Å². The lowest BCUT2D eigenvalue weighted by molar-refractivity contribution is -0.114. The van der Waals surface area contributed by atoms with Gasteiger partial charge in [0, 0.05) is 18.5 Å². The summed E-state index contributed by atoms with van der Waals surface area (Å²) >= 11 is 0. The van der Waals surface area contributed by atoms with Crippen LogP contribution >= 0.6 is 0 Å². The van der Waals surface area contributed by atoms with Gasteiger partial charge in [-0.1, -0.05) is 36.4 Å². The highest BCUT2D eigenvalue weighted by Crippen LogP contribution is 2.38. The molecule has 0 aromatic heterocycles. The van der Waals surface area contributed by atoms with Crippen molar-refractivity contribution in [3.63, 3.8) is 0 Å². The maximum atomic E-state index is 12.4. The summed E-state index contributed by atoms with van der Waals surface area (Å²) in [4.78, 5) is 24.5. The molecule has 1 aliphatic heterocycles. The molecule has 2 aromatic carbocycles. The number of ether oxygens (including phenoxy) is 3. The summed E-state index contributed by atoms with van der Waals surface area (Å²) in [6, 6.07) is 13.1. The zero-order chi connectivity index (χ0) is 19.3. The number of ketones is 1. The molecule has 0 spiro atoms. The largest absolute Gasteiger partial charge is 0.454 e. The van der Waals surface area contributed by atoms with Crippen molar-refractivity contribution in [3.05, 3.63) is 65.2 Å². The quantitative estimate of drug-likeness (QED) is 0.851. The molecule has 1 heterocycles. The molecule has 0 bridgehead atoms. The molecule has 0 fully saturated rings. The molecule has 4 rings (SSSR count). The first kappa shape index (κ1) is 18.1. The Kier molecular flexibility index (Phi) is 5.28. The van der Waals surface area contributed by atoms with Crippen molar-refractivity contribution in [2.75, 3.05) is 6.79 Å². The Hall–Kier alpha value is -3.28. The van der Waals surface area contributed by atoms with Gasteiger partial charge < -0.3 is 19.5 Å². The first-order valence-electron chi connectivity index (χ1n) is 9.31. The van der Waals surface area contributed by atoms with Gasteiger partial charge in [0.25, 0.3) is 0 Å². The predicted molar refractivity (Wildman–Crippen MR) is 103 cm³/mol. The van der Waals surface area contributed by atoms with Crippen LogP contribution in [0.4, 0.5) is 4.79 Å². The van der Waals surface area contributed by atoms with E-state index in [1.165, 1.54) is 0 Å². The van der Waals surface area contributed by atoms with Crippen molar-refractivity contribution in [3.8, 4) is 11.5 Å². The van der Waals surface area contributed by atoms with Gasteiger partial charge in [-0.25, -0.2) is 4.79 Å². The Morgan fingerprint density at radius 1 is 1.11 bits per heavy atom. The number of hydrogen-bond acceptors (Lipinski definition) is 5. The summed E-state index contributed by atoms with van der Waals surface area (Å²) in [6.45, 7) is 0.576. The van der Waals surface area contributed by atoms with Crippen molar-refractivity contribution >= 4 is 17.4 Å². The van der Waals surface area contributed by atoms with Gasteiger partial charge in [-0.3, -0.25) is 4.79 Å². The third-order valence-corrected chi connectivity index (χ3v) is 4.78. The number of alkyl carbamates (subject to hydrolysis) is 1. The smallest absolute Gasteiger partial charge is 0.407 e. The van der Waals surface area contributed by atoms with E-state index in [1.807, 2.05) is 48.5 Å². The third kappa shape index (κ3) is 4.01. The highest BCUT2D eigenvalue weighted by atomic mass is 16.7. The summed E-state index contributed by atoms with van der Waals surface area (Å²) in [7, 11) is 0. The van der Waals surface area contributed by atoms with E-state index in [0.29, 0.717) is 23.5 Å². The van der Waals surface area contributed by atoms with Crippen LogP contribution < -0.4 is 14.8 Å². The van der Waals surface area contributed by atoms with E-state index in [9.17, 15) is 9.59 Å². The molecule has 28 heavy (non-hydrogen) atoms. The second-order valence-electron chi connectivity index (χ2n) is 6.71. The van der Waals surface area contributed by atoms with E-state index in [1.54, 1.807) is 0 Å². The lowest BCUT2D eigenvalue weighted by atomic mass is 9.89. The molecule has 0 saturated carbocycles. The SMILES string of the molecule is O=C(NCc1cc2c(cc1C1=CCCCC1=O)OCO2)OCc1ccccc1. The molecular formula is C22H21NO5.